The fourth-order valence-electron chi connectivity index (χ4n) is 7.43. The number of halogens is 3. The molecule has 0 saturated carbocycles. The van der Waals surface area contributed by atoms with E-state index in [-0.39, 0.29) is 65.3 Å². The third kappa shape index (κ3) is 4.89. The molecule has 1 saturated heterocycles. The monoisotopic (exact) mass is 697 g/mol. The van der Waals surface area contributed by atoms with Crippen LogP contribution in [-0.4, -0.2) is 86.2 Å². The van der Waals surface area contributed by atoms with Crippen molar-refractivity contribution in [3.8, 4) is 34.8 Å². The third-order valence-electron chi connectivity index (χ3n) is 9.06. The number of piperazine rings is 1. The second kappa shape index (κ2) is 11.6. The quantitative estimate of drug-likeness (QED) is 0.308. The molecule has 1 amide bonds. The number of nitriles is 1. The van der Waals surface area contributed by atoms with E-state index >= 15 is 0 Å². The smallest absolute Gasteiger partial charge is 0.410 e. The van der Waals surface area contributed by atoms with Gasteiger partial charge in [-0.05, 0) is 31.4 Å². The maximum Gasteiger partial charge on any atom is 0.410 e. The number of phenols is 2. The van der Waals surface area contributed by atoms with E-state index in [2.05, 4.69) is 6.07 Å². The number of ether oxygens (including phenoxy) is 5. The fourth-order valence-corrected chi connectivity index (χ4v) is 7.59. The Morgan fingerprint density at radius 2 is 1.80 bits per heavy atom. The van der Waals surface area contributed by atoms with E-state index in [1.807, 2.05) is 0 Å². The van der Waals surface area contributed by atoms with E-state index in [0.717, 1.165) is 0 Å². The molecule has 4 heterocycles. The highest BCUT2D eigenvalue weighted by Crippen LogP contribution is 2.61. The Hall–Kier alpha value is -3.54. The first-order valence-corrected chi connectivity index (χ1v) is 15.4. The second-order valence-corrected chi connectivity index (χ2v) is 14.1. The Balaban J connectivity index is 1.64. The summed E-state index contributed by atoms with van der Waals surface area (Å²) in [5.74, 6) is -0.573. The van der Waals surface area contributed by atoms with Crippen molar-refractivity contribution < 1.29 is 48.6 Å². The number of fused-ring (bicyclic) bond motifs is 9. The summed E-state index contributed by atoms with van der Waals surface area (Å²) >= 11 is 17.7. The minimum atomic E-state index is -1.95. The van der Waals surface area contributed by atoms with Gasteiger partial charge in [-0.15, -0.1) is 0 Å². The molecule has 4 aliphatic rings. The van der Waals surface area contributed by atoms with Crippen molar-refractivity contribution in [2.45, 2.75) is 67.3 Å². The van der Waals surface area contributed by atoms with Crippen molar-refractivity contribution in [3.63, 3.8) is 0 Å². The summed E-state index contributed by atoms with van der Waals surface area (Å²) in [5.41, 5.74) is 2.06. The average molecular weight is 699 g/mol. The predicted octanol–water partition coefficient (Wildman–Crippen LogP) is 4.15. The zero-order chi connectivity index (χ0) is 33.4. The van der Waals surface area contributed by atoms with Crippen molar-refractivity contribution in [1.82, 2.24) is 9.80 Å². The number of aromatic hydroxyl groups is 2. The van der Waals surface area contributed by atoms with Gasteiger partial charge in [0.25, 0.3) is 0 Å². The number of nitrogens with zero attached hydrogens (tertiary/aromatic N) is 3. The normalized spacial score (nSPS) is 25.9. The number of aliphatic hydroxyl groups is 1. The van der Waals surface area contributed by atoms with Crippen LogP contribution in [0.5, 0.6) is 28.7 Å². The largest absolute Gasteiger partial charge is 0.507 e. The van der Waals surface area contributed by atoms with Crippen LogP contribution in [0.15, 0.2) is 6.07 Å². The number of methoxy groups -OCH3 is 1. The van der Waals surface area contributed by atoms with Crippen molar-refractivity contribution in [2.75, 3.05) is 27.1 Å². The number of amides is 1. The first-order chi connectivity index (χ1) is 21.7. The van der Waals surface area contributed by atoms with Crippen molar-refractivity contribution in [3.05, 3.63) is 39.4 Å². The van der Waals surface area contributed by atoms with Gasteiger partial charge in [-0.3, -0.25) is 14.6 Å². The highest BCUT2D eigenvalue weighted by molar-refractivity contribution is 6.67. The van der Waals surface area contributed by atoms with E-state index in [1.54, 1.807) is 24.8 Å². The minimum Gasteiger partial charge on any atom is -0.507 e. The lowest BCUT2D eigenvalue weighted by atomic mass is 9.70. The Labute approximate surface area is 278 Å². The molecule has 0 spiro atoms. The molecule has 3 N–H and O–H groups in total. The molecule has 0 radical (unpaired) electrons. The summed E-state index contributed by atoms with van der Waals surface area (Å²) in [7, 11) is 1.39. The van der Waals surface area contributed by atoms with Gasteiger partial charge in [0, 0.05) is 29.2 Å². The van der Waals surface area contributed by atoms with Crippen LogP contribution in [0.2, 0.25) is 0 Å². The number of rotatable bonds is 4. The van der Waals surface area contributed by atoms with E-state index in [4.69, 9.17) is 58.5 Å². The molecule has 6 atom stereocenters. The molecular weight excluding hydrogens is 669 g/mol. The first-order valence-electron chi connectivity index (χ1n) is 14.3. The van der Waals surface area contributed by atoms with Crippen LogP contribution in [0.3, 0.4) is 0 Å². The number of hydrogen-bond acceptors (Lipinski definition) is 12. The fraction of sp³-hybridized carbons (Fsp3) is 0.500. The molecule has 1 unspecified atom stereocenters. The van der Waals surface area contributed by atoms with Crippen LogP contribution in [0.4, 0.5) is 4.79 Å². The molecule has 4 aliphatic heterocycles. The molecule has 46 heavy (non-hydrogen) atoms. The highest BCUT2D eigenvalue weighted by atomic mass is 35.6. The SMILES string of the molecule is COc1c(C)cc2c(c1O)[C@@H]1[C@@H]3C(O)c4c(O)c(C)c5c(c4[C@H](COC(C)=O)N3[C@@H](C#N)[C@H](C2)N1C(=O)OCC(Cl)(Cl)Cl)OCO5. The number of aliphatic hydroxyl groups excluding tert-OH is 1. The molecule has 0 aliphatic carbocycles. The number of esters is 1. The third-order valence-corrected chi connectivity index (χ3v) is 9.39. The summed E-state index contributed by atoms with van der Waals surface area (Å²) in [6, 6.07) is -1.40. The van der Waals surface area contributed by atoms with Crippen molar-refractivity contribution in [2.24, 2.45) is 0 Å². The van der Waals surface area contributed by atoms with Crippen LogP contribution in [0.1, 0.15) is 58.5 Å². The minimum absolute atomic E-state index is 0.0376. The second-order valence-electron chi connectivity index (χ2n) is 11.6. The molecule has 13 nitrogen and oxygen atoms in total. The lowest BCUT2D eigenvalue weighted by Crippen LogP contribution is -2.71. The topological polar surface area (TPSA) is 171 Å². The Kier molecular flexibility index (Phi) is 8.18. The average Bonchev–Trinajstić information content (AvgIpc) is 3.47. The van der Waals surface area contributed by atoms with E-state index in [1.165, 1.54) is 18.9 Å². The molecule has 246 valence electrons. The van der Waals surface area contributed by atoms with Crippen LogP contribution in [0, 0.1) is 25.2 Å². The standard InChI is InChI=1S/C30H30Cl3N3O10/c1-11-5-14-6-15-16(7-34)35-17(8-43-13(3)37)19-20(23(38)12(2)27-28(19)46-10-45-27)24(39)22(35)21(18(14)25(40)26(11)42-4)36(15)29(41)44-9-30(31,32)33/h5,15-17,21-22,24,38-40H,6,8-10H2,1-4H3/t15-,16-,17-,21+,22+,24?/m0/s1. The molecular formula is C30H30Cl3N3O10. The number of carbonyl (C=O) groups is 2. The Morgan fingerprint density at radius 1 is 1.11 bits per heavy atom. The van der Waals surface area contributed by atoms with Gasteiger partial charge in [-0.1, -0.05) is 40.9 Å². The van der Waals surface area contributed by atoms with E-state index in [0.29, 0.717) is 16.7 Å². The van der Waals surface area contributed by atoms with Gasteiger partial charge < -0.3 is 39.0 Å². The Morgan fingerprint density at radius 3 is 2.43 bits per heavy atom. The Bertz CT molecular complexity index is 1680. The number of carbonyl (C=O) groups excluding carboxylic acids is 2. The maximum atomic E-state index is 13.9. The zero-order valence-corrected chi connectivity index (χ0v) is 27.3. The number of hydrogen-bond donors (Lipinski definition) is 3. The van der Waals surface area contributed by atoms with Crippen LogP contribution < -0.4 is 14.2 Å². The molecule has 1 fully saturated rings. The number of aryl methyl sites for hydroxylation is 1. The molecule has 6 rings (SSSR count). The number of benzene rings is 2. The van der Waals surface area contributed by atoms with Gasteiger partial charge in [0.15, 0.2) is 23.0 Å². The number of phenolic OH excluding ortho intramolecular Hbond substituents is 2. The van der Waals surface area contributed by atoms with Crippen LogP contribution in [0.25, 0.3) is 0 Å². The molecule has 0 aromatic heterocycles. The van der Waals surface area contributed by atoms with Gasteiger partial charge in [0.05, 0.1) is 37.3 Å². The maximum absolute atomic E-state index is 13.9. The summed E-state index contributed by atoms with van der Waals surface area (Å²) in [6.07, 6.45) is -2.49. The van der Waals surface area contributed by atoms with Gasteiger partial charge in [0.1, 0.15) is 31.1 Å². The summed E-state index contributed by atoms with van der Waals surface area (Å²) in [6.45, 7) is 3.46. The molecule has 2 aromatic rings. The lowest BCUT2D eigenvalue weighted by molar-refractivity contribution is -0.151. The van der Waals surface area contributed by atoms with Crippen molar-refractivity contribution >= 4 is 46.9 Å². The number of alkyl halides is 3. The van der Waals surface area contributed by atoms with Crippen LogP contribution >= 0.6 is 34.8 Å². The zero-order valence-electron chi connectivity index (χ0n) is 25.0. The first kappa shape index (κ1) is 32.4. The highest BCUT2D eigenvalue weighted by Gasteiger charge is 2.62. The molecule has 2 bridgehead atoms. The van der Waals surface area contributed by atoms with Gasteiger partial charge in [0.2, 0.25) is 10.6 Å². The lowest BCUT2D eigenvalue weighted by Gasteiger charge is -2.60. The van der Waals surface area contributed by atoms with Gasteiger partial charge in [-0.25, -0.2) is 4.79 Å². The van der Waals surface area contributed by atoms with E-state index in [9.17, 15) is 30.2 Å². The van der Waals surface area contributed by atoms with E-state index < -0.39 is 58.8 Å². The van der Waals surface area contributed by atoms with Crippen LogP contribution in [-0.2, 0) is 20.7 Å². The van der Waals surface area contributed by atoms with Gasteiger partial charge in [-0.2, -0.15) is 5.26 Å². The molecule has 2 aromatic carbocycles. The molecule has 16 heteroatoms. The summed E-state index contributed by atoms with van der Waals surface area (Å²) in [4.78, 5) is 28.9. The summed E-state index contributed by atoms with van der Waals surface area (Å²) in [5, 5.41) is 46.2. The predicted molar refractivity (Wildman–Crippen MR) is 161 cm³/mol. The summed E-state index contributed by atoms with van der Waals surface area (Å²) < 4.78 is 25.9. The van der Waals surface area contributed by atoms with Crippen molar-refractivity contribution in [1.29, 1.82) is 5.26 Å². The van der Waals surface area contributed by atoms with Gasteiger partial charge >= 0.3 is 12.1 Å².